The molecule has 1 fully saturated rings. The second-order valence-corrected chi connectivity index (χ2v) is 10.1. The summed E-state index contributed by atoms with van der Waals surface area (Å²) in [5.41, 5.74) is 2.96. The average molecular weight is 568 g/mol. The highest BCUT2D eigenvalue weighted by Gasteiger charge is 2.30. The van der Waals surface area contributed by atoms with Gasteiger partial charge in [0.1, 0.15) is 17.7 Å². The van der Waals surface area contributed by atoms with Crippen molar-refractivity contribution in [2.24, 2.45) is 0 Å². The van der Waals surface area contributed by atoms with Gasteiger partial charge < -0.3 is 43.5 Å². The Hall–Kier alpha value is -3.87. The zero-order valence-corrected chi connectivity index (χ0v) is 23.9. The van der Waals surface area contributed by atoms with Crippen molar-refractivity contribution in [2.45, 2.75) is 32.3 Å². The van der Waals surface area contributed by atoms with E-state index >= 15 is 0 Å². The van der Waals surface area contributed by atoms with Crippen LogP contribution >= 0.6 is 0 Å². The van der Waals surface area contributed by atoms with E-state index < -0.39 is 18.5 Å². The number of methoxy groups -OCH3 is 3. The molecule has 1 atom stereocenters. The van der Waals surface area contributed by atoms with Crippen molar-refractivity contribution in [3.8, 4) is 11.8 Å². The van der Waals surface area contributed by atoms with Gasteiger partial charge >= 0.3 is 12.1 Å². The third kappa shape index (κ3) is 6.24. The van der Waals surface area contributed by atoms with Crippen LogP contribution in [0.2, 0.25) is 0 Å². The predicted molar refractivity (Wildman–Crippen MR) is 153 cm³/mol. The first kappa shape index (κ1) is 28.7. The quantitative estimate of drug-likeness (QED) is 0.363. The van der Waals surface area contributed by atoms with Crippen LogP contribution in [0.1, 0.15) is 18.2 Å². The number of carbonyl (C=O) groups is 1. The summed E-state index contributed by atoms with van der Waals surface area (Å²) >= 11 is 0. The van der Waals surface area contributed by atoms with E-state index in [-0.39, 0.29) is 12.8 Å². The second kappa shape index (κ2) is 12.8. The summed E-state index contributed by atoms with van der Waals surface area (Å²) in [5.74, 6) is 1.52. The predicted octanol–water partition coefficient (Wildman–Crippen LogP) is 3.36. The maximum atomic E-state index is 11.5. The van der Waals surface area contributed by atoms with Crippen LogP contribution in [-0.2, 0) is 27.2 Å². The third-order valence-electron chi connectivity index (χ3n) is 7.51. The maximum Gasteiger partial charge on any atom is 0.407 e. The molecule has 12 nitrogen and oxygen atoms in total. The second-order valence-electron chi connectivity index (χ2n) is 10.1. The maximum absolute atomic E-state index is 11.5. The van der Waals surface area contributed by atoms with Gasteiger partial charge in [0, 0.05) is 76.8 Å². The van der Waals surface area contributed by atoms with Gasteiger partial charge in [-0.05, 0) is 24.8 Å². The van der Waals surface area contributed by atoms with Crippen molar-refractivity contribution in [3.63, 3.8) is 0 Å². The fourth-order valence-electron chi connectivity index (χ4n) is 5.45. The SMILES string of the molecule is COCOc1cc(N2CCc3c(nc(OC(C)C(OC)OC)nc3N3CCN(C(=O)O)CC3)C2)c2ccccc2c1. The number of ether oxygens (including phenoxy) is 5. The number of fused-ring (bicyclic) bond motifs is 2. The monoisotopic (exact) mass is 567 g/mol. The standard InChI is InChI=1S/C29H37N5O7/c1-19(27(38-3)39-4)41-28-30-24-17-34(25-16-21(40-18-37-2)15-20-7-5-6-8-22(20)25)10-9-23(24)26(31-28)32-11-13-33(14-12-32)29(35)36/h5-8,15-16,19,27H,9-14,17-18H2,1-4H3,(H,35,36). The van der Waals surface area contributed by atoms with Gasteiger partial charge in [0.2, 0.25) is 0 Å². The first-order valence-electron chi connectivity index (χ1n) is 13.7. The van der Waals surface area contributed by atoms with Crippen molar-refractivity contribution in [2.75, 3.05) is 70.6 Å². The molecule has 2 aliphatic rings. The fourth-order valence-corrected chi connectivity index (χ4v) is 5.45. The molecule has 0 saturated carbocycles. The van der Waals surface area contributed by atoms with Crippen LogP contribution in [0, 0.1) is 0 Å². The van der Waals surface area contributed by atoms with E-state index in [1.54, 1.807) is 21.3 Å². The Morgan fingerprint density at radius 3 is 2.46 bits per heavy atom. The molecule has 220 valence electrons. The van der Waals surface area contributed by atoms with Gasteiger partial charge in [0.15, 0.2) is 13.1 Å². The Morgan fingerprint density at radius 2 is 1.76 bits per heavy atom. The van der Waals surface area contributed by atoms with E-state index in [1.807, 2.05) is 31.2 Å². The van der Waals surface area contributed by atoms with Crippen molar-refractivity contribution >= 4 is 28.4 Å². The van der Waals surface area contributed by atoms with Crippen LogP contribution in [0.25, 0.3) is 10.8 Å². The molecule has 3 heterocycles. The Bertz CT molecular complexity index is 1360. The lowest BCUT2D eigenvalue weighted by Gasteiger charge is -2.37. The summed E-state index contributed by atoms with van der Waals surface area (Å²) < 4.78 is 27.8. The highest BCUT2D eigenvalue weighted by Crippen LogP contribution is 2.37. The van der Waals surface area contributed by atoms with Gasteiger partial charge in [-0.15, -0.1) is 0 Å². The van der Waals surface area contributed by atoms with E-state index in [1.165, 1.54) is 4.90 Å². The van der Waals surface area contributed by atoms with Crippen molar-refractivity contribution < 1.29 is 33.6 Å². The lowest BCUT2D eigenvalue weighted by atomic mass is 10.0. The highest BCUT2D eigenvalue weighted by atomic mass is 16.7. The molecule has 41 heavy (non-hydrogen) atoms. The van der Waals surface area contributed by atoms with Gasteiger partial charge in [-0.25, -0.2) is 4.79 Å². The Kier molecular flexibility index (Phi) is 8.91. The van der Waals surface area contributed by atoms with Crippen LogP contribution in [0.3, 0.4) is 0 Å². The summed E-state index contributed by atoms with van der Waals surface area (Å²) in [5, 5.41) is 11.6. The van der Waals surface area contributed by atoms with Crippen LogP contribution in [0.15, 0.2) is 36.4 Å². The van der Waals surface area contributed by atoms with Crippen LogP contribution in [0.5, 0.6) is 11.8 Å². The topological polar surface area (TPSA) is 119 Å². The minimum atomic E-state index is -0.906. The molecule has 0 aliphatic carbocycles. The number of anilines is 2. The zero-order valence-electron chi connectivity index (χ0n) is 23.9. The van der Waals surface area contributed by atoms with Crippen molar-refractivity contribution in [1.82, 2.24) is 14.9 Å². The molecule has 0 radical (unpaired) electrons. The average Bonchev–Trinajstić information content (AvgIpc) is 2.99. The molecule has 12 heteroatoms. The fraction of sp³-hybridized carbons (Fsp3) is 0.483. The highest BCUT2D eigenvalue weighted by molar-refractivity contribution is 5.95. The smallest absolute Gasteiger partial charge is 0.407 e. The van der Waals surface area contributed by atoms with E-state index in [0.29, 0.717) is 32.7 Å². The lowest BCUT2D eigenvalue weighted by Crippen LogP contribution is -2.49. The van der Waals surface area contributed by atoms with E-state index in [4.69, 9.17) is 33.7 Å². The largest absolute Gasteiger partial charge is 0.467 e. The van der Waals surface area contributed by atoms with Crippen molar-refractivity contribution in [3.05, 3.63) is 47.7 Å². The Balaban J connectivity index is 1.50. The van der Waals surface area contributed by atoms with Gasteiger partial charge in [-0.2, -0.15) is 9.97 Å². The van der Waals surface area contributed by atoms with Crippen LogP contribution < -0.4 is 19.3 Å². The molecule has 1 amide bonds. The van der Waals surface area contributed by atoms with E-state index in [0.717, 1.165) is 52.3 Å². The van der Waals surface area contributed by atoms with Gasteiger partial charge in [-0.3, -0.25) is 0 Å². The summed E-state index contributed by atoms with van der Waals surface area (Å²) in [6.45, 7) is 5.19. The number of benzene rings is 2. The molecule has 1 N–H and O–H groups in total. The molecule has 1 unspecified atom stereocenters. The Morgan fingerprint density at radius 1 is 1.00 bits per heavy atom. The molecular formula is C29H37N5O7. The molecule has 5 rings (SSSR count). The number of amides is 1. The number of hydrogen-bond donors (Lipinski definition) is 1. The summed E-state index contributed by atoms with van der Waals surface area (Å²) in [6.07, 6.45) is -1.24. The minimum absolute atomic E-state index is 0.162. The number of rotatable bonds is 10. The van der Waals surface area contributed by atoms with Gasteiger partial charge in [0.25, 0.3) is 0 Å². The van der Waals surface area contributed by atoms with E-state index in [2.05, 4.69) is 21.9 Å². The lowest BCUT2D eigenvalue weighted by molar-refractivity contribution is -0.152. The van der Waals surface area contributed by atoms with Crippen LogP contribution in [-0.4, -0.2) is 99.3 Å². The van der Waals surface area contributed by atoms with Crippen molar-refractivity contribution in [1.29, 1.82) is 0 Å². The number of carboxylic acid groups (broad SMARTS) is 1. The molecule has 2 aliphatic heterocycles. The summed E-state index contributed by atoms with van der Waals surface area (Å²) in [7, 11) is 4.72. The molecular weight excluding hydrogens is 530 g/mol. The van der Waals surface area contributed by atoms with Gasteiger partial charge in [-0.1, -0.05) is 24.3 Å². The molecule has 1 aromatic heterocycles. The number of nitrogens with zero attached hydrogens (tertiary/aromatic N) is 5. The molecule has 0 bridgehead atoms. The minimum Gasteiger partial charge on any atom is -0.467 e. The first-order valence-corrected chi connectivity index (χ1v) is 13.7. The number of aromatic nitrogens is 2. The molecule has 2 aromatic carbocycles. The molecule has 1 saturated heterocycles. The molecule has 0 spiro atoms. The molecule has 3 aromatic rings. The number of piperazine rings is 1. The van der Waals surface area contributed by atoms with E-state index in [9.17, 15) is 9.90 Å². The first-order chi connectivity index (χ1) is 19.9. The summed E-state index contributed by atoms with van der Waals surface area (Å²) in [4.78, 5) is 27.0. The number of hydrogen-bond acceptors (Lipinski definition) is 10. The third-order valence-corrected chi connectivity index (χ3v) is 7.51. The normalized spacial score (nSPS) is 16.2. The van der Waals surface area contributed by atoms with Gasteiger partial charge in [0.05, 0.1) is 12.2 Å². The van der Waals surface area contributed by atoms with Crippen LogP contribution in [0.4, 0.5) is 16.3 Å². The summed E-state index contributed by atoms with van der Waals surface area (Å²) in [6, 6.07) is 12.5. The Labute approximate surface area is 239 Å². The zero-order chi connectivity index (χ0) is 28.9.